The first-order valence-electron chi connectivity index (χ1n) is 8.81. The van der Waals surface area contributed by atoms with Crippen LogP contribution >= 0.6 is 0 Å². The lowest BCUT2D eigenvalue weighted by Gasteiger charge is -2.48. The second-order valence-electron chi connectivity index (χ2n) is 7.57. The van der Waals surface area contributed by atoms with Gasteiger partial charge in [-0.1, -0.05) is 18.2 Å². The summed E-state index contributed by atoms with van der Waals surface area (Å²) in [6.45, 7) is 6.13. The molecule has 0 unspecified atom stereocenters. The number of allylic oxidation sites excluding steroid dienone is 1. The minimum Gasteiger partial charge on any atom is -0.495 e. The fraction of sp³-hybridized carbons (Fsp3) is 0.526. The number of amides is 1. The summed E-state index contributed by atoms with van der Waals surface area (Å²) >= 11 is 0. The van der Waals surface area contributed by atoms with Crippen molar-refractivity contribution in [2.45, 2.75) is 25.8 Å². The molecule has 3 rings (SSSR count). The zero-order valence-corrected chi connectivity index (χ0v) is 16.3. The monoisotopic (exact) mass is 378 g/mol. The minimum atomic E-state index is -3.12. The van der Waals surface area contributed by atoms with E-state index in [4.69, 9.17) is 4.74 Å². The van der Waals surface area contributed by atoms with E-state index in [0.717, 1.165) is 11.4 Å². The topological polar surface area (TPSA) is 66.9 Å². The molecule has 0 radical (unpaired) electrons. The third-order valence-corrected chi connectivity index (χ3v) is 6.54. The summed E-state index contributed by atoms with van der Waals surface area (Å²) in [5.74, 6) is 0.678. The molecule has 0 spiro atoms. The summed E-state index contributed by atoms with van der Waals surface area (Å²) in [7, 11) is -1.46. The van der Waals surface area contributed by atoms with Crippen LogP contribution in [0, 0.1) is 5.92 Å². The number of carbonyl (C=O) groups excluding carboxylic acids is 1. The molecule has 142 valence electrons. The average Bonchev–Trinajstić information content (AvgIpc) is 2.92. The Hall–Kier alpha value is -2.02. The molecule has 0 N–H and O–H groups in total. The van der Waals surface area contributed by atoms with E-state index in [1.807, 2.05) is 29.2 Å². The Balaban J connectivity index is 1.68. The van der Waals surface area contributed by atoms with Gasteiger partial charge in [-0.05, 0) is 26.0 Å². The number of piperazine rings is 1. The van der Waals surface area contributed by atoms with E-state index >= 15 is 0 Å². The van der Waals surface area contributed by atoms with Crippen molar-refractivity contribution in [2.75, 3.05) is 37.4 Å². The Morgan fingerprint density at radius 2 is 2.00 bits per heavy atom. The molecule has 2 heterocycles. The Morgan fingerprint density at radius 3 is 2.62 bits per heavy atom. The molecule has 0 saturated carbocycles. The van der Waals surface area contributed by atoms with Gasteiger partial charge >= 0.3 is 0 Å². The zero-order valence-electron chi connectivity index (χ0n) is 15.5. The standard InChI is InChI=1S/C19H26N2O4S/c1-19(2)14-20(18(22)12-15-8-11-26(23,24)13-15)9-10-21(19)16-6-4-5-7-17(16)25-3/h4-8,11,15H,9-10,12-14H2,1-3H3/t15-/m1/s1. The van der Waals surface area contributed by atoms with Crippen molar-refractivity contribution in [2.24, 2.45) is 5.92 Å². The third kappa shape index (κ3) is 3.87. The van der Waals surface area contributed by atoms with E-state index in [-0.39, 0.29) is 29.5 Å². The van der Waals surface area contributed by atoms with Gasteiger partial charge in [0.25, 0.3) is 0 Å². The first-order chi connectivity index (χ1) is 12.2. The first kappa shape index (κ1) is 18.8. The lowest BCUT2D eigenvalue weighted by molar-refractivity contribution is -0.133. The summed E-state index contributed by atoms with van der Waals surface area (Å²) < 4.78 is 28.6. The van der Waals surface area contributed by atoms with Gasteiger partial charge in [0.1, 0.15) is 5.75 Å². The van der Waals surface area contributed by atoms with Crippen LogP contribution in [0.4, 0.5) is 5.69 Å². The molecule has 1 aromatic rings. The van der Waals surface area contributed by atoms with Gasteiger partial charge < -0.3 is 14.5 Å². The highest BCUT2D eigenvalue weighted by molar-refractivity contribution is 7.94. The third-order valence-electron chi connectivity index (χ3n) is 5.07. The number of methoxy groups -OCH3 is 1. The van der Waals surface area contributed by atoms with Gasteiger partial charge in [-0.2, -0.15) is 0 Å². The molecule has 26 heavy (non-hydrogen) atoms. The summed E-state index contributed by atoms with van der Waals surface area (Å²) in [6, 6.07) is 7.90. The Morgan fingerprint density at radius 1 is 1.27 bits per heavy atom. The zero-order chi connectivity index (χ0) is 18.9. The molecule has 1 atom stereocenters. The molecule has 0 bridgehead atoms. The second-order valence-corrected chi connectivity index (χ2v) is 9.50. The van der Waals surface area contributed by atoms with Crippen LogP contribution in [0.1, 0.15) is 20.3 Å². The van der Waals surface area contributed by atoms with Crippen LogP contribution in [0.15, 0.2) is 35.7 Å². The number of carbonyl (C=O) groups is 1. The smallest absolute Gasteiger partial charge is 0.223 e. The van der Waals surface area contributed by atoms with Crippen molar-refractivity contribution in [3.8, 4) is 5.75 Å². The predicted octanol–water partition coefficient (Wildman–Crippen LogP) is 2.07. The van der Waals surface area contributed by atoms with Gasteiger partial charge in [0.2, 0.25) is 5.91 Å². The maximum absolute atomic E-state index is 12.7. The molecule has 2 aliphatic rings. The largest absolute Gasteiger partial charge is 0.495 e. The van der Waals surface area contributed by atoms with E-state index in [9.17, 15) is 13.2 Å². The van der Waals surface area contributed by atoms with Crippen LogP contribution in [0.5, 0.6) is 5.75 Å². The SMILES string of the molecule is COc1ccccc1N1CCN(C(=O)C[C@H]2C=CS(=O)(=O)C2)CC1(C)C. The summed E-state index contributed by atoms with van der Waals surface area (Å²) in [6.07, 6.45) is 1.89. The molecule has 7 heteroatoms. The van der Waals surface area contributed by atoms with Crippen LogP contribution in [-0.2, 0) is 14.6 Å². The van der Waals surface area contributed by atoms with E-state index < -0.39 is 9.84 Å². The van der Waals surface area contributed by atoms with Gasteiger partial charge in [-0.25, -0.2) is 8.42 Å². The molecule has 6 nitrogen and oxygen atoms in total. The van der Waals surface area contributed by atoms with Crippen LogP contribution in [0.25, 0.3) is 0 Å². The molecule has 0 aromatic heterocycles. The van der Waals surface area contributed by atoms with Gasteiger partial charge in [-0.15, -0.1) is 0 Å². The number of para-hydroxylation sites is 2. The molecule has 1 saturated heterocycles. The van der Waals surface area contributed by atoms with Gasteiger partial charge in [0, 0.05) is 37.4 Å². The Bertz CT molecular complexity index is 817. The average molecular weight is 378 g/mol. The molecular weight excluding hydrogens is 352 g/mol. The predicted molar refractivity (Wildman–Crippen MR) is 102 cm³/mol. The van der Waals surface area contributed by atoms with Gasteiger partial charge in [0.05, 0.1) is 24.1 Å². The maximum Gasteiger partial charge on any atom is 0.223 e. The van der Waals surface area contributed by atoms with E-state index in [1.165, 1.54) is 5.41 Å². The second kappa shape index (κ2) is 6.95. The first-order valence-corrected chi connectivity index (χ1v) is 10.5. The van der Waals surface area contributed by atoms with E-state index in [0.29, 0.717) is 19.6 Å². The number of benzene rings is 1. The van der Waals surface area contributed by atoms with E-state index in [2.05, 4.69) is 18.7 Å². The number of nitrogens with zero attached hydrogens (tertiary/aromatic N) is 2. The lowest BCUT2D eigenvalue weighted by atomic mass is 9.96. The van der Waals surface area contributed by atoms with E-state index in [1.54, 1.807) is 13.2 Å². The molecular formula is C19H26N2O4S. The molecule has 1 fully saturated rings. The molecule has 2 aliphatic heterocycles. The fourth-order valence-electron chi connectivity index (χ4n) is 3.79. The summed E-state index contributed by atoms with van der Waals surface area (Å²) in [5, 5.41) is 1.23. The maximum atomic E-state index is 12.7. The van der Waals surface area contributed by atoms with Crippen LogP contribution in [0.2, 0.25) is 0 Å². The summed E-state index contributed by atoms with van der Waals surface area (Å²) in [5.41, 5.74) is 0.775. The van der Waals surface area contributed by atoms with Crippen molar-refractivity contribution in [3.05, 3.63) is 35.7 Å². The number of hydrogen-bond donors (Lipinski definition) is 0. The molecule has 1 aromatic carbocycles. The molecule has 1 amide bonds. The van der Waals surface area contributed by atoms with Crippen molar-refractivity contribution >= 4 is 21.4 Å². The van der Waals surface area contributed by atoms with Crippen LogP contribution in [0.3, 0.4) is 0 Å². The van der Waals surface area contributed by atoms with Crippen molar-refractivity contribution in [1.82, 2.24) is 4.90 Å². The Labute approximate surface area is 155 Å². The van der Waals surface area contributed by atoms with Crippen LogP contribution < -0.4 is 9.64 Å². The lowest BCUT2D eigenvalue weighted by Crippen LogP contribution is -2.60. The highest BCUT2D eigenvalue weighted by atomic mass is 32.2. The number of ether oxygens (including phenoxy) is 1. The van der Waals surface area contributed by atoms with Crippen molar-refractivity contribution < 1.29 is 17.9 Å². The van der Waals surface area contributed by atoms with Gasteiger partial charge in [-0.3, -0.25) is 4.79 Å². The number of rotatable bonds is 4. The number of anilines is 1. The number of hydrogen-bond acceptors (Lipinski definition) is 5. The number of sulfone groups is 1. The highest BCUT2D eigenvalue weighted by Gasteiger charge is 2.37. The van der Waals surface area contributed by atoms with Gasteiger partial charge in [0.15, 0.2) is 9.84 Å². The van der Waals surface area contributed by atoms with Crippen molar-refractivity contribution in [3.63, 3.8) is 0 Å². The minimum absolute atomic E-state index is 0.0181. The van der Waals surface area contributed by atoms with Crippen LogP contribution in [-0.4, -0.2) is 57.3 Å². The fourth-order valence-corrected chi connectivity index (χ4v) is 5.19. The summed E-state index contributed by atoms with van der Waals surface area (Å²) in [4.78, 5) is 16.8. The molecule has 0 aliphatic carbocycles. The Kier molecular flexibility index (Phi) is 5.01. The quantitative estimate of drug-likeness (QED) is 0.802. The van der Waals surface area contributed by atoms with Crippen molar-refractivity contribution in [1.29, 1.82) is 0 Å². The normalized spacial score (nSPS) is 23.9. The highest BCUT2D eigenvalue weighted by Crippen LogP contribution is 2.35.